The summed E-state index contributed by atoms with van der Waals surface area (Å²) in [5.74, 6) is -0.214. The summed E-state index contributed by atoms with van der Waals surface area (Å²) < 4.78 is 10.5. The van der Waals surface area contributed by atoms with Crippen molar-refractivity contribution in [3.63, 3.8) is 0 Å². The first kappa shape index (κ1) is 29.2. The van der Waals surface area contributed by atoms with Gasteiger partial charge in [-0.2, -0.15) is 0 Å². The molecular weight excluding hydrogens is 550 g/mol. The van der Waals surface area contributed by atoms with Gasteiger partial charge < -0.3 is 14.8 Å². The lowest BCUT2D eigenvalue weighted by molar-refractivity contribution is -0.128. The van der Waals surface area contributed by atoms with Gasteiger partial charge in [0.1, 0.15) is 11.0 Å². The Hall–Kier alpha value is -3.82. The fraction of sp³-hybridized carbons (Fsp3) is 0.267. The zero-order chi connectivity index (χ0) is 28.5. The van der Waals surface area contributed by atoms with Crippen LogP contribution in [0, 0.1) is 0 Å². The van der Waals surface area contributed by atoms with Crippen molar-refractivity contribution in [1.82, 2.24) is 4.90 Å². The highest BCUT2D eigenvalue weighted by Gasteiger charge is 2.39. The number of rotatable bonds is 11. The van der Waals surface area contributed by atoms with Crippen molar-refractivity contribution in [3.05, 3.63) is 88.9 Å². The van der Waals surface area contributed by atoms with Crippen molar-refractivity contribution < 1.29 is 23.9 Å². The third-order valence-corrected chi connectivity index (χ3v) is 7.39. The molecule has 0 spiro atoms. The molecule has 1 atom stereocenters. The molecule has 0 aliphatic carbocycles. The molecule has 1 heterocycles. The molecule has 0 aromatic heterocycles. The van der Waals surface area contributed by atoms with Crippen molar-refractivity contribution in [1.29, 1.82) is 0 Å². The Morgan fingerprint density at radius 3 is 2.48 bits per heavy atom. The number of amides is 2. The third-order valence-electron chi connectivity index (χ3n) is 5.96. The lowest BCUT2D eigenvalue weighted by atomic mass is 10.1. The zero-order valence-corrected chi connectivity index (χ0v) is 23.8. The fourth-order valence-electron chi connectivity index (χ4n) is 4.03. The number of hydrogen-bond donors (Lipinski definition) is 1. The van der Waals surface area contributed by atoms with E-state index in [1.54, 1.807) is 54.3 Å². The van der Waals surface area contributed by atoms with Crippen LogP contribution in [-0.4, -0.2) is 52.9 Å². The van der Waals surface area contributed by atoms with Crippen molar-refractivity contribution in [3.8, 4) is 5.75 Å². The number of hydrogen-bond acceptors (Lipinski definition) is 7. The van der Waals surface area contributed by atoms with Gasteiger partial charge in [0.05, 0.1) is 24.5 Å². The van der Waals surface area contributed by atoms with Crippen LogP contribution < -0.4 is 10.1 Å². The molecule has 3 aromatic rings. The number of halogens is 1. The second-order valence-electron chi connectivity index (χ2n) is 8.85. The smallest absolute Gasteiger partial charge is 0.338 e. The number of nitrogens with one attached hydrogen (secondary N) is 1. The molecule has 1 saturated heterocycles. The third kappa shape index (κ3) is 7.86. The van der Waals surface area contributed by atoms with Gasteiger partial charge in [-0.1, -0.05) is 41.6 Å². The molecule has 4 rings (SSSR count). The summed E-state index contributed by atoms with van der Waals surface area (Å²) in [5.41, 5.74) is 2.62. The molecule has 3 aromatic carbocycles. The first-order valence-electron chi connectivity index (χ1n) is 13.0. The average Bonchev–Trinajstić information content (AvgIpc) is 3.22. The molecule has 0 radical (unpaired) electrons. The predicted octanol–water partition coefficient (Wildman–Crippen LogP) is 6.12. The molecule has 1 aliphatic rings. The molecule has 2 amide bonds. The van der Waals surface area contributed by atoms with Gasteiger partial charge >= 0.3 is 5.97 Å². The van der Waals surface area contributed by atoms with E-state index in [9.17, 15) is 14.4 Å². The number of anilines is 1. The van der Waals surface area contributed by atoms with Crippen molar-refractivity contribution in [2.75, 3.05) is 25.1 Å². The van der Waals surface area contributed by atoms with Crippen LogP contribution >= 0.6 is 23.4 Å². The molecule has 1 fully saturated rings. The van der Waals surface area contributed by atoms with E-state index in [1.807, 2.05) is 37.3 Å². The van der Waals surface area contributed by atoms with Gasteiger partial charge in [0.25, 0.3) is 0 Å². The Balaban J connectivity index is 1.50. The summed E-state index contributed by atoms with van der Waals surface area (Å²) in [4.78, 5) is 44.7. The lowest BCUT2D eigenvalue weighted by Gasteiger charge is -2.16. The van der Waals surface area contributed by atoms with Gasteiger partial charge in [-0.25, -0.2) is 9.79 Å². The normalized spacial score (nSPS) is 15.8. The van der Waals surface area contributed by atoms with Crippen molar-refractivity contribution in [2.45, 2.75) is 31.9 Å². The van der Waals surface area contributed by atoms with Crippen LogP contribution in [0.5, 0.6) is 5.75 Å². The highest BCUT2D eigenvalue weighted by atomic mass is 35.5. The summed E-state index contributed by atoms with van der Waals surface area (Å²) >= 11 is 7.27. The van der Waals surface area contributed by atoms with E-state index in [4.69, 9.17) is 26.1 Å². The topological polar surface area (TPSA) is 97.3 Å². The van der Waals surface area contributed by atoms with Crippen LogP contribution in [-0.2, 0) is 20.7 Å². The number of thioether (sulfide) groups is 1. The van der Waals surface area contributed by atoms with Crippen LogP contribution in [0.15, 0.2) is 77.8 Å². The van der Waals surface area contributed by atoms with E-state index in [2.05, 4.69) is 5.32 Å². The van der Waals surface area contributed by atoms with Crippen LogP contribution in [0.3, 0.4) is 0 Å². The minimum atomic E-state index is -0.627. The van der Waals surface area contributed by atoms with E-state index in [1.165, 1.54) is 11.8 Å². The molecule has 10 heteroatoms. The van der Waals surface area contributed by atoms with Crippen LogP contribution in [0.4, 0.5) is 11.4 Å². The molecule has 8 nitrogen and oxygen atoms in total. The maximum absolute atomic E-state index is 13.5. The van der Waals surface area contributed by atoms with E-state index in [0.29, 0.717) is 52.5 Å². The molecule has 0 bridgehead atoms. The lowest BCUT2D eigenvalue weighted by Crippen LogP contribution is -2.35. The van der Waals surface area contributed by atoms with Crippen molar-refractivity contribution >= 4 is 57.7 Å². The second kappa shape index (κ2) is 14.0. The highest BCUT2D eigenvalue weighted by Crippen LogP contribution is 2.32. The Kier molecular flexibility index (Phi) is 10.2. The number of ether oxygens (including phenoxy) is 2. The maximum atomic E-state index is 13.5. The second-order valence-corrected chi connectivity index (χ2v) is 10.5. The van der Waals surface area contributed by atoms with Crippen LogP contribution in [0.25, 0.3) is 0 Å². The minimum Gasteiger partial charge on any atom is -0.494 e. The van der Waals surface area contributed by atoms with Crippen LogP contribution in [0.2, 0.25) is 5.02 Å². The minimum absolute atomic E-state index is 0.0133. The molecule has 40 heavy (non-hydrogen) atoms. The molecule has 0 unspecified atom stereocenters. The number of aliphatic imine (C=N–C) groups is 1. The molecule has 1 aliphatic heterocycles. The van der Waals surface area contributed by atoms with Crippen molar-refractivity contribution in [2.24, 2.45) is 4.99 Å². The number of carbonyl (C=O) groups is 3. The number of carbonyl (C=O) groups excluding carboxylic acids is 3. The monoisotopic (exact) mass is 579 g/mol. The molecular formula is C30H30ClN3O5S. The Morgan fingerprint density at radius 2 is 1.77 bits per heavy atom. The maximum Gasteiger partial charge on any atom is 0.338 e. The largest absolute Gasteiger partial charge is 0.494 e. The highest BCUT2D eigenvalue weighted by molar-refractivity contribution is 8.15. The summed E-state index contributed by atoms with van der Waals surface area (Å²) in [7, 11) is 0. The average molecular weight is 580 g/mol. The Labute approximate surface area is 242 Å². The number of esters is 1. The number of amidine groups is 1. The quantitative estimate of drug-likeness (QED) is 0.275. The van der Waals surface area contributed by atoms with E-state index in [0.717, 1.165) is 5.56 Å². The van der Waals surface area contributed by atoms with Gasteiger partial charge in [-0.15, -0.1) is 0 Å². The first-order valence-corrected chi connectivity index (χ1v) is 14.2. The van der Waals surface area contributed by atoms with Gasteiger partial charge in [0.2, 0.25) is 11.8 Å². The van der Waals surface area contributed by atoms with Crippen LogP contribution in [0.1, 0.15) is 36.2 Å². The van der Waals surface area contributed by atoms with E-state index >= 15 is 0 Å². The number of nitrogens with zero attached hydrogens (tertiary/aromatic N) is 2. The molecule has 1 N–H and O–H groups in total. The van der Waals surface area contributed by atoms with E-state index < -0.39 is 11.2 Å². The Bertz CT molecular complexity index is 1380. The SMILES string of the molecule is CCOC(=O)c1ccc(N=C2S[C@H](CC(=O)Nc3cccc(OCC)c3)C(=O)N2CCc2ccc(Cl)cc2)cc1. The fourth-order valence-corrected chi connectivity index (χ4v) is 5.34. The van der Waals surface area contributed by atoms with Gasteiger partial charge in [-0.3, -0.25) is 14.5 Å². The molecule has 208 valence electrons. The zero-order valence-electron chi connectivity index (χ0n) is 22.3. The summed E-state index contributed by atoms with van der Waals surface area (Å²) in [6, 6.07) is 21.3. The van der Waals surface area contributed by atoms with Gasteiger partial charge in [0.15, 0.2) is 5.17 Å². The standard InChI is InChI=1S/C30H30ClN3O5S/c1-3-38-25-7-5-6-24(18-25)32-27(35)19-26-28(36)34(17-16-20-8-12-22(31)13-9-20)30(40-26)33-23-14-10-21(11-15-23)29(37)39-4-2/h5-15,18,26H,3-4,16-17,19H2,1-2H3,(H,32,35)/t26-/m1/s1. The predicted molar refractivity (Wildman–Crippen MR) is 159 cm³/mol. The van der Waals surface area contributed by atoms with E-state index in [-0.39, 0.29) is 24.8 Å². The summed E-state index contributed by atoms with van der Waals surface area (Å²) in [5, 5.41) is 3.37. The first-order chi connectivity index (χ1) is 19.4. The molecule has 0 saturated carbocycles. The summed E-state index contributed by atoms with van der Waals surface area (Å²) in [6.45, 7) is 4.84. The summed E-state index contributed by atoms with van der Waals surface area (Å²) in [6.07, 6.45) is 0.577. The Morgan fingerprint density at radius 1 is 1.02 bits per heavy atom. The number of benzene rings is 3. The van der Waals surface area contributed by atoms with Gasteiger partial charge in [-0.05, 0) is 74.4 Å². The van der Waals surface area contributed by atoms with Gasteiger partial charge in [0, 0.05) is 29.7 Å².